The normalized spacial score (nSPS) is 26.2. The Labute approximate surface area is 214 Å². The number of imidazole rings is 1. The predicted molar refractivity (Wildman–Crippen MR) is 131 cm³/mol. The van der Waals surface area contributed by atoms with Crippen LogP contribution in [0.3, 0.4) is 0 Å². The van der Waals surface area contributed by atoms with E-state index in [4.69, 9.17) is 11.6 Å². The average molecular weight is 525 g/mol. The summed E-state index contributed by atoms with van der Waals surface area (Å²) in [5.74, 6) is -0.630. The van der Waals surface area contributed by atoms with Crippen LogP contribution in [0.4, 0.5) is 10.2 Å². The monoisotopic (exact) mass is 524 g/mol. The molecule has 2 aliphatic rings. The molecule has 0 spiro atoms. The number of anilines is 1. The quantitative estimate of drug-likeness (QED) is 0.295. The van der Waals surface area contributed by atoms with Gasteiger partial charge in [0.25, 0.3) is 0 Å². The van der Waals surface area contributed by atoms with E-state index < -0.39 is 29.5 Å². The fourth-order valence-corrected chi connectivity index (χ4v) is 5.61. The first-order chi connectivity index (χ1) is 17.8. The van der Waals surface area contributed by atoms with Crippen LogP contribution in [0.2, 0.25) is 5.02 Å². The van der Waals surface area contributed by atoms with Crippen LogP contribution in [-0.2, 0) is 11.3 Å². The molecule has 1 amide bonds. The van der Waals surface area contributed by atoms with Gasteiger partial charge in [-0.15, -0.1) is 0 Å². The first-order valence-electron chi connectivity index (χ1n) is 11.6. The number of hydrogen-bond acceptors (Lipinski definition) is 9. The summed E-state index contributed by atoms with van der Waals surface area (Å²) in [5, 5.41) is 28.1. The highest BCUT2D eigenvalue weighted by atomic mass is 35.5. The second kappa shape index (κ2) is 8.68. The van der Waals surface area contributed by atoms with E-state index in [0.29, 0.717) is 39.7 Å². The van der Waals surface area contributed by atoms with Gasteiger partial charge in [0.15, 0.2) is 17.3 Å². The molecular formula is C24H22ClFN8O3. The number of aliphatic hydroxyl groups excluding tert-OH is 2. The number of amides is 1. The first-order valence-corrected chi connectivity index (χ1v) is 12.0. The highest BCUT2D eigenvalue weighted by Crippen LogP contribution is 2.67. The van der Waals surface area contributed by atoms with Gasteiger partial charge in [0.2, 0.25) is 5.91 Å². The number of halogens is 2. The van der Waals surface area contributed by atoms with Gasteiger partial charge in [0.1, 0.15) is 17.4 Å². The number of aromatic nitrogens is 6. The van der Waals surface area contributed by atoms with Gasteiger partial charge in [0.05, 0.1) is 42.3 Å². The second-order valence-electron chi connectivity index (χ2n) is 9.29. The topological polar surface area (TPSA) is 151 Å². The van der Waals surface area contributed by atoms with E-state index in [1.54, 1.807) is 22.9 Å². The molecule has 0 aliphatic heterocycles. The number of nitrogens with zero attached hydrogens (tertiary/aromatic N) is 6. The van der Waals surface area contributed by atoms with Crippen molar-refractivity contribution in [2.45, 2.75) is 31.2 Å². The van der Waals surface area contributed by atoms with Gasteiger partial charge in [-0.2, -0.15) is 0 Å². The van der Waals surface area contributed by atoms with Crippen LogP contribution in [0.25, 0.3) is 22.6 Å². The van der Waals surface area contributed by atoms with Gasteiger partial charge in [-0.05, 0) is 24.6 Å². The van der Waals surface area contributed by atoms with Gasteiger partial charge < -0.3 is 25.4 Å². The lowest BCUT2D eigenvalue weighted by atomic mass is 9.98. The SMILES string of the molecule is CNC(=O)[C@]12C[C@@H]1C(n1cnc3c(NCc4cc(Cl)ccn4)nc(-c4cncc(F)c4)nc31)[C@H](O)[C@@H]2O. The van der Waals surface area contributed by atoms with Crippen molar-refractivity contribution < 1.29 is 19.4 Å². The zero-order chi connectivity index (χ0) is 25.9. The standard InChI is InChI=1S/C24H22ClFN8O3/c1-27-23(37)24-6-15(24)17(18(35)19(24)36)34-10-31-16-21(30-9-14-5-12(25)2-3-29-14)32-20(33-22(16)34)11-4-13(26)8-28-7-11/h2-5,7-8,10,15,17-19,35-36H,6,9H2,1H3,(H,27,37)(H,30,32,33)/t15-,17?,18+,19+,24-/m1/s1. The largest absolute Gasteiger partial charge is 0.389 e. The third-order valence-corrected chi connectivity index (χ3v) is 7.48. The van der Waals surface area contributed by atoms with E-state index in [1.807, 2.05) is 0 Å². The molecule has 0 saturated heterocycles. The molecule has 4 N–H and O–H groups in total. The van der Waals surface area contributed by atoms with Crippen molar-refractivity contribution in [2.24, 2.45) is 11.3 Å². The first kappa shape index (κ1) is 23.6. The summed E-state index contributed by atoms with van der Waals surface area (Å²) in [6.07, 6.45) is 3.60. The molecule has 2 aliphatic carbocycles. The lowest BCUT2D eigenvalue weighted by Crippen LogP contribution is -2.41. The van der Waals surface area contributed by atoms with Crippen LogP contribution in [0.5, 0.6) is 0 Å². The molecule has 0 bridgehead atoms. The Morgan fingerprint density at radius 3 is 2.86 bits per heavy atom. The van der Waals surface area contributed by atoms with Crippen molar-refractivity contribution in [3.63, 3.8) is 0 Å². The average Bonchev–Trinajstić information content (AvgIpc) is 3.43. The van der Waals surface area contributed by atoms with Crippen LogP contribution in [0.1, 0.15) is 18.2 Å². The molecule has 1 unspecified atom stereocenters. The summed E-state index contributed by atoms with van der Waals surface area (Å²) in [7, 11) is 1.50. The number of carbonyl (C=O) groups excluding carboxylic acids is 1. The maximum absolute atomic E-state index is 14.0. The molecule has 37 heavy (non-hydrogen) atoms. The highest BCUT2D eigenvalue weighted by molar-refractivity contribution is 6.30. The molecule has 190 valence electrons. The molecule has 6 rings (SSSR count). The minimum absolute atomic E-state index is 0.184. The fourth-order valence-electron chi connectivity index (χ4n) is 5.43. The maximum Gasteiger partial charge on any atom is 0.229 e. The second-order valence-corrected chi connectivity index (χ2v) is 9.72. The Morgan fingerprint density at radius 2 is 2.11 bits per heavy atom. The van der Waals surface area contributed by atoms with Crippen molar-refractivity contribution in [1.29, 1.82) is 0 Å². The highest BCUT2D eigenvalue weighted by Gasteiger charge is 2.75. The molecule has 4 aromatic heterocycles. The Bertz CT molecular complexity index is 1530. The van der Waals surface area contributed by atoms with Gasteiger partial charge in [-0.3, -0.25) is 14.8 Å². The summed E-state index contributed by atoms with van der Waals surface area (Å²) in [5.41, 5.74) is 0.700. The van der Waals surface area contributed by atoms with E-state index >= 15 is 0 Å². The lowest BCUT2D eigenvalue weighted by Gasteiger charge is -2.23. The van der Waals surface area contributed by atoms with Crippen LogP contribution >= 0.6 is 11.6 Å². The van der Waals surface area contributed by atoms with Crippen molar-refractivity contribution in [2.75, 3.05) is 12.4 Å². The third kappa shape index (κ3) is 3.71. The number of rotatable bonds is 6. The number of pyridine rings is 2. The molecule has 5 atom stereocenters. The smallest absolute Gasteiger partial charge is 0.229 e. The molecule has 0 radical (unpaired) electrons. The molecule has 4 heterocycles. The molecule has 2 saturated carbocycles. The number of nitrogens with one attached hydrogen (secondary N) is 2. The number of fused-ring (bicyclic) bond motifs is 2. The zero-order valence-corrected chi connectivity index (χ0v) is 20.3. The van der Waals surface area contributed by atoms with Crippen LogP contribution in [0.15, 0.2) is 43.1 Å². The van der Waals surface area contributed by atoms with E-state index in [1.165, 1.54) is 25.6 Å². The number of aliphatic hydroxyl groups is 2. The Kier molecular flexibility index (Phi) is 5.55. The fraction of sp³-hybridized carbons (Fsp3) is 0.333. The van der Waals surface area contributed by atoms with Crippen LogP contribution in [-0.4, -0.2) is 64.9 Å². The predicted octanol–water partition coefficient (Wildman–Crippen LogP) is 1.72. The molecular weight excluding hydrogens is 503 g/mol. The molecule has 0 aromatic carbocycles. The summed E-state index contributed by atoms with van der Waals surface area (Å²) >= 11 is 6.08. The summed E-state index contributed by atoms with van der Waals surface area (Å²) in [4.78, 5) is 34.5. The Balaban J connectivity index is 1.45. The Hall–Kier alpha value is -3.74. The van der Waals surface area contributed by atoms with Gasteiger partial charge in [-0.25, -0.2) is 19.3 Å². The summed E-state index contributed by atoms with van der Waals surface area (Å²) < 4.78 is 15.6. The van der Waals surface area contributed by atoms with E-state index in [0.717, 1.165) is 6.20 Å². The van der Waals surface area contributed by atoms with Gasteiger partial charge >= 0.3 is 0 Å². The zero-order valence-electron chi connectivity index (χ0n) is 19.5. The van der Waals surface area contributed by atoms with E-state index in [2.05, 4.69) is 35.6 Å². The molecule has 13 heteroatoms. The van der Waals surface area contributed by atoms with Gasteiger partial charge in [0, 0.05) is 35.9 Å². The van der Waals surface area contributed by atoms with Gasteiger partial charge in [-0.1, -0.05) is 11.6 Å². The Morgan fingerprint density at radius 1 is 1.27 bits per heavy atom. The van der Waals surface area contributed by atoms with Crippen molar-refractivity contribution in [3.8, 4) is 11.4 Å². The minimum atomic E-state index is -1.24. The summed E-state index contributed by atoms with van der Waals surface area (Å²) in [6, 6.07) is 4.00. The van der Waals surface area contributed by atoms with Crippen molar-refractivity contribution in [3.05, 3.63) is 59.7 Å². The van der Waals surface area contributed by atoms with Crippen LogP contribution < -0.4 is 10.6 Å². The van der Waals surface area contributed by atoms with E-state index in [9.17, 15) is 19.4 Å². The molecule has 11 nitrogen and oxygen atoms in total. The minimum Gasteiger partial charge on any atom is -0.389 e. The van der Waals surface area contributed by atoms with E-state index in [-0.39, 0.29) is 24.2 Å². The van der Waals surface area contributed by atoms with Crippen molar-refractivity contribution >= 4 is 34.5 Å². The molecule has 2 fully saturated rings. The number of carbonyl (C=O) groups is 1. The van der Waals surface area contributed by atoms with Crippen LogP contribution in [0, 0.1) is 17.2 Å². The third-order valence-electron chi connectivity index (χ3n) is 7.24. The number of hydrogen-bond donors (Lipinski definition) is 4. The molecule has 4 aromatic rings. The summed E-state index contributed by atoms with van der Waals surface area (Å²) in [6.45, 7) is 0.271. The lowest BCUT2D eigenvalue weighted by molar-refractivity contribution is -0.132. The van der Waals surface area contributed by atoms with Crippen molar-refractivity contribution in [1.82, 2.24) is 34.8 Å². The maximum atomic E-state index is 14.0.